The molecular weight excluding hydrogens is 773 g/mol. The van der Waals surface area contributed by atoms with Crippen LogP contribution in [0.15, 0.2) is 66.0 Å². The number of ether oxygens (including phenoxy) is 1. The lowest BCUT2D eigenvalue weighted by molar-refractivity contribution is -0.136. The molecule has 3 amide bonds. The number of aryl methyl sites for hydroxylation is 1. The molecule has 0 bridgehead atoms. The van der Waals surface area contributed by atoms with Gasteiger partial charge in [0.05, 0.1) is 17.7 Å². The smallest absolute Gasteiger partial charge is 0.255 e. The number of rotatable bonds is 13. The van der Waals surface area contributed by atoms with E-state index in [1.807, 2.05) is 38.2 Å². The Balaban J connectivity index is 0.732. The number of carbonyl (C=O) groups is 3. The maximum absolute atomic E-state index is 13.3. The summed E-state index contributed by atoms with van der Waals surface area (Å²) in [5, 5.41) is 17.0. The summed E-state index contributed by atoms with van der Waals surface area (Å²) in [6.07, 6.45) is 12.2. The van der Waals surface area contributed by atoms with Crippen molar-refractivity contribution in [1.82, 2.24) is 39.7 Å². The number of anilines is 3. The van der Waals surface area contributed by atoms with Gasteiger partial charge in [0, 0.05) is 73.1 Å². The monoisotopic (exact) mass is 820 g/mol. The fraction of sp³-hybridized carbons (Fsp3) is 0.429. The molecule has 1 unspecified atom stereocenters. The Morgan fingerprint density at radius 2 is 1.86 bits per heavy atom. The second-order valence-electron chi connectivity index (χ2n) is 16.3. The zero-order valence-electron chi connectivity index (χ0n) is 33.2. The molecule has 1 saturated carbocycles. The Bertz CT molecular complexity index is 2540. The van der Waals surface area contributed by atoms with Gasteiger partial charge in [-0.3, -0.25) is 24.8 Å². The molecule has 3 aliphatic heterocycles. The Morgan fingerprint density at radius 3 is 2.61 bits per heavy atom. The molecule has 4 N–H and O–H groups in total. The molecule has 4 aliphatic rings. The van der Waals surface area contributed by atoms with Gasteiger partial charge in [0.1, 0.15) is 6.04 Å². The topological polar surface area (TPSA) is 196 Å². The number of hydrogen-bond donors (Lipinski definition) is 4. The predicted molar refractivity (Wildman–Crippen MR) is 220 cm³/mol. The molecule has 6 heterocycles. The van der Waals surface area contributed by atoms with Crippen LogP contribution in [0.2, 0.25) is 0 Å². The minimum Gasteiger partial charge on any atom is -0.489 e. The van der Waals surface area contributed by atoms with E-state index < -0.39 is 22.0 Å². The number of benzene rings is 2. The van der Waals surface area contributed by atoms with Crippen molar-refractivity contribution in [3.63, 3.8) is 0 Å². The molecular formula is C42H48N10O6S. The molecule has 16 nitrogen and oxygen atoms in total. The number of carbonyl (C=O) groups excluding carboxylic acids is 3. The van der Waals surface area contributed by atoms with Crippen LogP contribution in [0.4, 0.5) is 17.3 Å². The van der Waals surface area contributed by atoms with Crippen molar-refractivity contribution in [2.45, 2.75) is 82.7 Å². The van der Waals surface area contributed by atoms with Gasteiger partial charge in [-0.15, -0.1) is 5.10 Å². The van der Waals surface area contributed by atoms with Crippen molar-refractivity contribution >= 4 is 50.7 Å². The molecule has 0 radical (unpaired) electrons. The molecule has 1 atom stereocenters. The number of pyridine rings is 1. The van der Waals surface area contributed by atoms with E-state index in [0.29, 0.717) is 66.0 Å². The van der Waals surface area contributed by atoms with E-state index in [9.17, 15) is 22.8 Å². The summed E-state index contributed by atoms with van der Waals surface area (Å²) in [5.74, 6) is 0.711. The number of fused-ring (bicyclic) bond motifs is 2. The van der Waals surface area contributed by atoms with Crippen molar-refractivity contribution in [3.05, 3.63) is 77.7 Å². The highest BCUT2D eigenvalue weighted by Crippen LogP contribution is 2.54. The van der Waals surface area contributed by atoms with Gasteiger partial charge in [-0.05, 0) is 124 Å². The van der Waals surface area contributed by atoms with Crippen LogP contribution >= 0.6 is 0 Å². The quantitative estimate of drug-likeness (QED) is 0.0913. The summed E-state index contributed by atoms with van der Waals surface area (Å²) in [7, 11) is -3.69. The molecule has 2 saturated heterocycles. The van der Waals surface area contributed by atoms with Crippen LogP contribution in [0.1, 0.15) is 79.8 Å². The Morgan fingerprint density at radius 1 is 1.03 bits per heavy atom. The highest BCUT2D eigenvalue weighted by Gasteiger charge is 2.45. The molecule has 1 spiro atoms. The van der Waals surface area contributed by atoms with Crippen molar-refractivity contribution in [3.8, 4) is 16.9 Å². The highest BCUT2D eigenvalue weighted by atomic mass is 32.2. The van der Waals surface area contributed by atoms with Crippen LogP contribution in [-0.4, -0.2) is 88.1 Å². The molecule has 2 aromatic carbocycles. The van der Waals surface area contributed by atoms with Crippen LogP contribution in [0.25, 0.3) is 16.8 Å². The normalized spacial score (nSPS) is 19.3. The van der Waals surface area contributed by atoms with E-state index in [4.69, 9.17) is 4.74 Å². The third-order valence-electron chi connectivity index (χ3n) is 12.5. The maximum Gasteiger partial charge on any atom is 0.255 e. The second kappa shape index (κ2) is 15.4. The van der Waals surface area contributed by atoms with Crippen molar-refractivity contribution in [2.24, 2.45) is 11.3 Å². The average Bonchev–Trinajstić information content (AvgIpc) is 3.97. The first-order valence-corrected chi connectivity index (χ1v) is 21.9. The molecule has 308 valence electrons. The zero-order valence-corrected chi connectivity index (χ0v) is 34.0. The lowest BCUT2D eigenvalue weighted by Crippen LogP contribution is -2.52. The van der Waals surface area contributed by atoms with Gasteiger partial charge in [-0.1, -0.05) is 0 Å². The van der Waals surface area contributed by atoms with Crippen LogP contribution in [0.5, 0.6) is 5.75 Å². The van der Waals surface area contributed by atoms with Gasteiger partial charge >= 0.3 is 0 Å². The summed E-state index contributed by atoms with van der Waals surface area (Å²) in [6, 6.07) is 12.3. The number of aromatic amines is 1. The number of H-pyrrole nitrogens is 1. The van der Waals surface area contributed by atoms with Gasteiger partial charge in [0.15, 0.2) is 11.4 Å². The molecule has 3 aromatic heterocycles. The molecule has 59 heavy (non-hydrogen) atoms. The van der Waals surface area contributed by atoms with E-state index >= 15 is 0 Å². The van der Waals surface area contributed by atoms with Crippen molar-refractivity contribution in [1.29, 1.82) is 0 Å². The Kier molecular flexibility index (Phi) is 10.1. The van der Waals surface area contributed by atoms with E-state index in [0.717, 1.165) is 66.7 Å². The summed E-state index contributed by atoms with van der Waals surface area (Å²) >= 11 is 0. The lowest BCUT2D eigenvalue weighted by atomic mass is 9.56. The Hall–Kier alpha value is -5.81. The van der Waals surface area contributed by atoms with Crippen LogP contribution in [0.3, 0.4) is 0 Å². The van der Waals surface area contributed by atoms with E-state index in [2.05, 4.69) is 46.6 Å². The van der Waals surface area contributed by atoms with E-state index in [1.165, 1.54) is 12.8 Å². The highest BCUT2D eigenvalue weighted by molar-refractivity contribution is 7.89. The largest absolute Gasteiger partial charge is 0.489 e. The fourth-order valence-electron chi connectivity index (χ4n) is 9.41. The SMILES string of the molecule is CCOc1c(-c2cn[nH]c2)ccn2nc(Nc3ccc(S(=O)(=O)NCCCC4CC5(CCN(c6ccc7c(c6)CN(C6CCC(=O)NC6=O)C7=O)CC5)C4)cc3C)nc12. The van der Waals surface area contributed by atoms with Gasteiger partial charge < -0.3 is 19.9 Å². The van der Waals surface area contributed by atoms with E-state index in [1.54, 1.807) is 40.0 Å². The molecule has 1 aliphatic carbocycles. The first kappa shape index (κ1) is 38.7. The standard InChI is InChI=1S/C42H48N10O6S/c1-3-58-37-32(29-23-43-44-24-29)12-16-52-38(37)48-41(49-52)46-34-9-7-31(19-26(34)2)59(56,57)45-15-4-5-27-21-42(22-27)13-17-50(18-14-42)30-6-8-33-28(20-30)25-51(40(33)55)35-10-11-36(53)47-39(35)54/h6-9,12,16,19-20,23-24,27,35,45H,3-5,10-11,13-15,17-18,21-22,25H2,1-2H3,(H,43,44)(H,46,49)(H,47,53,54). The third kappa shape index (κ3) is 7.52. The number of nitrogens with one attached hydrogen (secondary N) is 4. The van der Waals surface area contributed by atoms with Gasteiger partial charge in [0.2, 0.25) is 27.8 Å². The number of imide groups is 1. The van der Waals surface area contributed by atoms with Gasteiger partial charge in [-0.2, -0.15) is 10.1 Å². The van der Waals surface area contributed by atoms with Crippen molar-refractivity contribution in [2.75, 3.05) is 36.5 Å². The van der Waals surface area contributed by atoms with Gasteiger partial charge in [0.25, 0.3) is 5.91 Å². The number of aromatic nitrogens is 5. The second-order valence-corrected chi connectivity index (χ2v) is 18.1. The maximum atomic E-state index is 13.3. The summed E-state index contributed by atoms with van der Waals surface area (Å²) < 4.78 is 37.0. The van der Waals surface area contributed by atoms with Crippen LogP contribution in [0, 0.1) is 18.3 Å². The van der Waals surface area contributed by atoms with E-state index in [-0.39, 0.29) is 23.1 Å². The fourth-order valence-corrected chi connectivity index (χ4v) is 10.6. The molecule has 17 heteroatoms. The molecule has 9 rings (SSSR count). The summed E-state index contributed by atoms with van der Waals surface area (Å²) in [4.78, 5) is 46.1. The minimum atomic E-state index is -3.69. The zero-order chi connectivity index (χ0) is 40.9. The lowest BCUT2D eigenvalue weighted by Gasteiger charge is -2.53. The number of nitrogens with zero attached hydrogens (tertiary/aromatic N) is 6. The molecule has 3 fully saturated rings. The van der Waals surface area contributed by atoms with Crippen molar-refractivity contribution < 1.29 is 27.5 Å². The summed E-state index contributed by atoms with van der Waals surface area (Å²) in [6.45, 7) is 6.87. The molecule has 5 aromatic rings. The Labute approximate surface area is 342 Å². The number of amides is 3. The third-order valence-corrected chi connectivity index (χ3v) is 14.0. The first-order valence-electron chi connectivity index (χ1n) is 20.4. The summed E-state index contributed by atoms with van der Waals surface area (Å²) in [5.41, 5.74) is 6.70. The first-order chi connectivity index (χ1) is 28.5. The number of piperidine rings is 2. The number of hydrogen-bond acceptors (Lipinski definition) is 11. The number of sulfonamides is 1. The average molecular weight is 821 g/mol. The minimum absolute atomic E-state index is 0.151. The van der Waals surface area contributed by atoms with Crippen LogP contribution < -0.4 is 25.0 Å². The van der Waals surface area contributed by atoms with Crippen LogP contribution in [-0.2, 0) is 26.2 Å². The predicted octanol–water partition coefficient (Wildman–Crippen LogP) is 5.09. The van der Waals surface area contributed by atoms with Gasteiger partial charge in [-0.25, -0.2) is 17.7 Å².